The third kappa shape index (κ3) is 4.06. The van der Waals surface area contributed by atoms with Gasteiger partial charge in [0.2, 0.25) is 0 Å². The molecule has 4 nitrogen and oxygen atoms in total. The average Bonchev–Trinajstić information content (AvgIpc) is 2.85. The summed E-state index contributed by atoms with van der Waals surface area (Å²) in [4.78, 5) is 8.83. The number of aromatic nitrogens is 1. The van der Waals surface area contributed by atoms with Crippen molar-refractivity contribution in [2.75, 3.05) is 0 Å². The molecule has 0 saturated carbocycles. The molecule has 0 aliphatic carbocycles. The summed E-state index contributed by atoms with van der Waals surface area (Å²) in [5, 5.41) is 6.07. The smallest absolute Gasteiger partial charge is 0.189 e. The zero-order valence-corrected chi connectivity index (χ0v) is 11.9. The maximum atomic E-state index is 5.76. The third-order valence-electron chi connectivity index (χ3n) is 2.44. The van der Waals surface area contributed by atoms with Crippen molar-refractivity contribution in [2.24, 2.45) is 10.7 Å². The van der Waals surface area contributed by atoms with Gasteiger partial charge in [0.1, 0.15) is 5.01 Å². The Morgan fingerprint density at radius 3 is 2.79 bits per heavy atom. The van der Waals surface area contributed by atoms with E-state index in [9.17, 15) is 0 Å². The van der Waals surface area contributed by atoms with Crippen LogP contribution in [0.2, 0.25) is 0 Å². The van der Waals surface area contributed by atoms with E-state index in [-0.39, 0.29) is 0 Å². The minimum absolute atomic E-state index is 0.292. The SMILES string of the molecule is CC(C)NC(N)=NCc1nc(-c2ccccc2)cs1. The van der Waals surface area contributed by atoms with Crippen molar-refractivity contribution < 1.29 is 0 Å². The maximum Gasteiger partial charge on any atom is 0.189 e. The lowest BCUT2D eigenvalue weighted by Gasteiger charge is -2.07. The lowest BCUT2D eigenvalue weighted by atomic mass is 10.2. The van der Waals surface area contributed by atoms with E-state index < -0.39 is 0 Å². The van der Waals surface area contributed by atoms with Crippen LogP contribution in [0.3, 0.4) is 0 Å². The minimum Gasteiger partial charge on any atom is -0.370 e. The fourth-order valence-corrected chi connectivity index (χ4v) is 2.35. The van der Waals surface area contributed by atoms with Gasteiger partial charge in [0, 0.05) is 17.0 Å². The molecule has 0 bridgehead atoms. The summed E-state index contributed by atoms with van der Waals surface area (Å²) in [6, 6.07) is 10.4. The van der Waals surface area contributed by atoms with E-state index in [1.54, 1.807) is 11.3 Å². The Bertz CT molecular complexity index is 546. The molecule has 2 rings (SSSR count). The van der Waals surface area contributed by atoms with Gasteiger partial charge in [-0.25, -0.2) is 9.98 Å². The van der Waals surface area contributed by atoms with Crippen LogP contribution in [-0.4, -0.2) is 17.0 Å². The number of aliphatic imine (C=N–C) groups is 1. The quantitative estimate of drug-likeness (QED) is 0.665. The fraction of sp³-hybridized carbons (Fsp3) is 0.286. The van der Waals surface area contributed by atoms with Gasteiger partial charge in [0.25, 0.3) is 0 Å². The molecule has 0 amide bonds. The zero-order valence-electron chi connectivity index (χ0n) is 11.1. The predicted molar refractivity (Wildman–Crippen MR) is 81.1 cm³/mol. The molecule has 1 aromatic heterocycles. The number of nitrogens with two attached hydrogens (primary N) is 1. The first-order chi connectivity index (χ1) is 9.15. The predicted octanol–water partition coefficient (Wildman–Crippen LogP) is 2.62. The summed E-state index contributed by atoms with van der Waals surface area (Å²) in [6.07, 6.45) is 0. The molecule has 0 saturated heterocycles. The molecule has 3 N–H and O–H groups in total. The molecule has 0 aliphatic rings. The summed E-state index contributed by atoms with van der Waals surface area (Å²) >= 11 is 1.60. The van der Waals surface area contributed by atoms with Gasteiger partial charge in [-0.15, -0.1) is 11.3 Å². The Kier molecular flexibility index (Phi) is 4.52. The molecule has 0 spiro atoms. The van der Waals surface area contributed by atoms with E-state index in [1.165, 1.54) is 0 Å². The van der Waals surface area contributed by atoms with Crippen LogP contribution in [0, 0.1) is 0 Å². The van der Waals surface area contributed by atoms with Crippen LogP contribution in [0.25, 0.3) is 11.3 Å². The number of nitrogens with one attached hydrogen (secondary N) is 1. The van der Waals surface area contributed by atoms with Crippen molar-refractivity contribution in [3.05, 3.63) is 40.7 Å². The zero-order chi connectivity index (χ0) is 13.7. The molecule has 2 aromatic rings. The molecule has 0 atom stereocenters. The third-order valence-corrected chi connectivity index (χ3v) is 3.28. The molecule has 1 aromatic carbocycles. The second kappa shape index (κ2) is 6.33. The van der Waals surface area contributed by atoms with Crippen LogP contribution >= 0.6 is 11.3 Å². The highest BCUT2D eigenvalue weighted by molar-refractivity contribution is 7.09. The van der Waals surface area contributed by atoms with Crippen molar-refractivity contribution in [2.45, 2.75) is 26.4 Å². The number of thiazole rings is 1. The van der Waals surface area contributed by atoms with Gasteiger partial charge >= 0.3 is 0 Å². The first kappa shape index (κ1) is 13.5. The Morgan fingerprint density at radius 2 is 2.11 bits per heavy atom. The number of guanidine groups is 1. The highest BCUT2D eigenvalue weighted by atomic mass is 32.1. The van der Waals surface area contributed by atoms with Crippen molar-refractivity contribution >= 4 is 17.3 Å². The molecule has 1 heterocycles. The van der Waals surface area contributed by atoms with Gasteiger partial charge in [0.15, 0.2) is 5.96 Å². The summed E-state index contributed by atoms with van der Waals surface area (Å²) in [7, 11) is 0. The second-order valence-corrected chi connectivity index (χ2v) is 5.44. The molecule has 0 radical (unpaired) electrons. The number of nitrogens with zero attached hydrogens (tertiary/aromatic N) is 2. The van der Waals surface area contributed by atoms with Crippen LogP contribution in [-0.2, 0) is 6.54 Å². The number of hydrogen-bond donors (Lipinski definition) is 2. The van der Waals surface area contributed by atoms with Gasteiger partial charge in [-0.3, -0.25) is 0 Å². The van der Waals surface area contributed by atoms with E-state index in [1.807, 2.05) is 37.4 Å². The van der Waals surface area contributed by atoms with E-state index in [0.717, 1.165) is 16.3 Å². The molecular weight excluding hydrogens is 256 g/mol. The Balaban J connectivity index is 2.02. The van der Waals surface area contributed by atoms with Gasteiger partial charge < -0.3 is 11.1 Å². The highest BCUT2D eigenvalue weighted by Gasteiger charge is 2.04. The van der Waals surface area contributed by atoms with Crippen molar-refractivity contribution in [1.29, 1.82) is 0 Å². The summed E-state index contributed by atoms with van der Waals surface area (Å²) < 4.78 is 0. The largest absolute Gasteiger partial charge is 0.370 e. The monoisotopic (exact) mass is 274 g/mol. The summed E-state index contributed by atoms with van der Waals surface area (Å²) in [6.45, 7) is 4.57. The molecule has 0 fully saturated rings. The Labute approximate surface area is 117 Å². The maximum absolute atomic E-state index is 5.76. The second-order valence-electron chi connectivity index (χ2n) is 4.49. The molecule has 0 aliphatic heterocycles. The van der Waals surface area contributed by atoms with Crippen molar-refractivity contribution in [1.82, 2.24) is 10.3 Å². The normalized spacial score (nSPS) is 11.8. The minimum atomic E-state index is 0.292. The number of benzene rings is 1. The fourth-order valence-electron chi connectivity index (χ4n) is 1.62. The summed E-state index contributed by atoms with van der Waals surface area (Å²) in [5.74, 6) is 0.464. The molecular formula is C14H18N4S. The van der Waals surface area contributed by atoms with Gasteiger partial charge in [0.05, 0.1) is 12.2 Å². The molecule has 19 heavy (non-hydrogen) atoms. The first-order valence-corrected chi connectivity index (χ1v) is 7.09. The number of hydrogen-bond acceptors (Lipinski definition) is 3. The lowest BCUT2D eigenvalue weighted by Crippen LogP contribution is -2.36. The first-order valence-electron chi connectivity index (χ1n) is 6.21. The topological polar surface area (TPSA) is 63.3 Å². The van der Waals surface area contributed by atoms with Crippen LogP contribution in [0.4, 0.5) is 0 Å². The molecule has 5 heteroatoms. The van der Waals surface area contributed by atoms with Crippen LogP contribution < -0.4 is 11.1 Å². The van der Waals surface area contributed by atoms with Crippen LogP contribution in [0.15, 0.2) is 40.7 Å². The van der Waals surface area contributed by atoms with E-state index in [2.05, 4.69) is 27.4 Å². The van der Waals surface area contributed by atoms with Gasteiger partial charge in [-0.2, -0.15) is 0 Å². The molecule has 100 valence electrons. The van der Waals surface area contributed by atoms with Crippen LogP contribution in [0.1, 0.15) is 18.9 Å². The van der Waals surface area contributed by atoms with Gasteiger partial charge in [-0.05, 0) is 13.8 Å². The average molecular weight is 274 g/mol. The van der Waals surface area contributed by atoms with E-state index >= 15 is 0 Å². The standard InChI is InChI=1S/C14H18N4S/c1-10(2)17-14(15)16-8-13-18-12(9-19-13)11-6-4-3-5-7-11/h3-7,9-10H,8H2,1-2H3,(H3,15,16,17). The number of rotatable bonds is 4. The van der Waals surface area contributed by atoms with Gasteiger partial charge in [-0.1, -0.05) is 30.3 Å². The van der Waals surface area contributed by atoms with Crippen molar-refractivity contribution in [3.8, 4) is 11.3 Å². The summed E-state index contributed by atoms with van der Waals surface area (Å²) in [5.41, 5.74) is 7.88. The Morgan fingerprint density at radius 1 is 1.37 bits per heavy atom. The van der Waals surface area contributed by atoms with Crippen molar-refractivity contribution in [3.63, 3.8) is 0 Å². The molecule has 0 unspecified atom stereocenters. The van der Waals surface area contributed by atoms with Crippen LogP contribution in [0.5, 0.6) is 0 Å². The lowest BCUT2D eigenvalue weighted by molar-refractivity contribution is 0.723. The van der Waals surface area contributed by atoms with E-state index in [0.29, 0.717) is 18.5 Å². The van der Waals surface area contributed by atoms with E-state index in [4.69, 9.17) is 5.73 Å². The highest BCUT2D eigenvalue weighted by Crippen LogP contribution is 2.21. The Hall–Kier alpha value is -1.88.